The smallest absolute Gasteiger partial charge is 0.416 e. The highest BCUT2D eigenvalue weighted by Gasteiger charge is 2.55. The van der Waals surface area contributed by atoms with Gasteiger partial charge in [-0.15, -0.1) is 0 Å². The molecule has 0 amide bonds. The molecular weight excluding hydrogens is 313 g/mol. The van der Waals surface area contributed by atoms with E-state index in [2.05, 4.69) is 20.7 Å². The molecule has 6 heteroatoms. The molecule has 0 saturated heterocycles. The second-order valence-corrected chi connectivity index (χ2v) is 5.18. The van der Waals surface area contributed by atoms with Crippen LogP contribution in [0.5, 0.6) is 0 Å². The zero-order valence-corrected chi connectivity index (χ0v) is 11.1. The maximum atomic E-state index is 13.0. The van der Waals surface area contributed by atoms with Crippen LogP contribution in [0.3, 0.4) is 0 Å². The number of rotatable bonds is 2. The molecule has 2 rings (SSSR count). The van der Waals surface area contributed by atoms with Gasteiger partial charge in [-0.05, 0) is 30.5 Å². The second kappa shape index (κ2) is 4.26. The summed E-state index contributed by atoms with van der Waals surface area (Å²) in [4.78, 5) is 11.7. The first-order chi connectivity index (χ1) is 8.31. The van der Waals surface area contributed by atoms with Crippen molar-refractivity contribution in [3.63, 3.8) is 0 Å². The van der Waals surface area contributed by atoms with Gasteiger partial charge < -0.3 is 4.74 Å². The van der Waals surface area contributed by atoms with E-state index in [-0.39, 0.29) is 5.56 Å². The van der Waals surface area contributed by atoms with Gasteiger partial charge in [0, 0.05) is 4.47 Å². The average Bonchev–Trinajstić information content (AvgIpc) is 3.08. The molecule has 0 N–H and O–H groups in total. The summed E-state index contributed by atoms with van der Waals surface area (Å²) in [5, 5.41) is 0. The van der Waals surface area contributed by atoms with E-state index in [1.54, 1.807) is 0 Å². The summed E-state index contributed by atoms with van der Waals surface area (Å²) in [7, 11) is 1.19. The Morgan fingerprint density at radius 1 is 1.39 bits per heavy atom. The van der Waals surface area contributed by atoms with Gasteiger partial charge in [0.2, 0.25) is 0 Å². The minimum Gasteiger partial charge on any atom is -0.468 e. The van der Waals surface area contributed by atoms with Crippen LogP contribution in [-0.2, 0) is 21.1 Å². The van der Waals surface area contributed by atoms with Crippen LogP contribution >= 0.6 is 15.9 Å². The molecule has 1 fully saturated rings. The van der Waals surface area contributed by atoms with E-state index in [4.69, 9.17) is 0 Å². The molecule has 0 radical (unpaired) electrons. The summed E-state index contributed by atoms with van der Waals surface area (Å²) in [5.74, 6) is -0.602. The Kier molecular flexibility index (Phi) is 3.17. The Bertz CT molecular complexity index is 493. The van der Waals surface area contributed by atoms with Crippen molar-refractivity contribution in [1.29, 1.82) is 0 Å². The molecule has 1 saturated carbocycles. The van der Waals surface area contributed by atoms with Crippen LogP contribution in [0.4, 0.5) is 13.2 Å². The normalized spacial score (nSPS) is 17.4. The molecule has 0 aliphatic heterocycles. The van der Waals surface area contributed by atoms with Gasteiger partial charge in [0.25, 0.3) is 0 Å². The van der Waals surface area contributed by atoms with Crippen molar-refractivity contribution in [2.45, 2.75) is 24.4 Å². The number of carbonyl (C=O) groups excluding carboxylic acids is 1. The van der Waals surface area contributed by atoms with Gasteiger partial charge >= 0.3 is 12.1 Å². The number of halogens is 4. The van der Waals surface area contributed by atoms with Crippen molar-refractivity contribution in [2.75, 3.05) is 7.11 Å². The minimum absolute atomic E-state index is 0.00468. The minimum atomic E-state index is -4.48. The summed E-state index contributed by atoms with van der Waals surface area (Å²) >= 11 is 3.01. The average molecular weight is 323 g/mol. The quantitative estimate of drug-likeness (QED) is 0.776. The first-order valence-electron chi connectivity index (χ1n) is 5.27. The van der Waals surface area contributed by atoms with Crippen LogP contribution in [-0.4, -0.2) is 13.1 Å². The van der Waals surface area contributed by atoms with Gasteiger partial charge in [0.05, 0.1) is 18.1 Å². The Labute approximate surface area is 110 Å². The van der Waals surface area contributed by atoms with Gasteiger partial charge in [0.15, 0.2) is 0 Å². The van der Waals surface area contributed by atoms with E-state index in [0.717, 1.165) is 6.07 Å². The van der Waals surface area contributed by atoms with Crippen molar-refractivity contribution >= 4 is 21.9 Å². The molecule has 1 aromatic carbocycles. The molecule has 0 aromatic heterocycles. The molecule has 98 valence electrons. The maximum absolute atomic E-state index is 13.0. The van der Waals surface area contributed by atoms with Crippen LogP contribution in [0.2, 0.25) is 0 Å². The fraction of sp³-hybridized carbons (Fsp3) is 0.417. The van der Waals surface area contributed by atoms with Crippen molar-refractivity contribution in [2.24, 2.45) is 0 Å². The van der Waals surface area contributed by atoms with Crippen LogP contribution in [0.1, 0.15) is 24.0 Å². The van der Waals surface area contributed by atoms with E-state index >= 15 is 0 Å². The molecule has 1 aromatic rings. The SMILES string of the molecule is COC(=O)C1(c2ccc(Br)cc2C(F)(F)F)CC1. The van der Waals surface area contributed by atoms with E-state index in [1.165, 1.54) is 19.2 Å². The van der Waals surface area contributed by atoms with Crippen LogP contribution in [0.15, 0.2) is 22.7 Å². The third-order valence-electron chi connectivity index (χ3n) is 3.13. The lowest BCUT2D eigenvalue weighted by molar-refractivity contribution is -0.145. The van der Waals surface area contributed by atoms with E-state index in [9.17, 15) is 18.0 Å². The number of hydrogen-bond acceptors (Lipinski definition) is 2. The zero-order chi connectivity index (χ0) is 13.6. The highest BCUT2D eigenvalue weighted by molar-refractivity contribution is 9.10. The predicted octanol–water partition coefficient (Wildman–Crippen LogP) is 3.67. The molecule has 2 nitrogen and oxygen atoms in total. The molecule has 0 bridgehead atoms. The summed E-state index contributed by atoms with van der Waals surface area (Å²) in [6.07, 6.45) is -3.70. The summed E-state index contributed by atoms with van der Waals surface area (Å²) in [6.45, 7) is 0. The first kappa shape index (κ1) is 13.4. The number of carbonyl (C=O) groups is 1. The third-order valence-corrected chi connectivity index (χ3v) is 3.62. The molecule has 0 heterocycles. The number of benzene rings is 1. The Morgan fingerprint density at radius 2 is 2.00 bits per heavy atom. The Morgan fingerprint density at radius 3 is 2.44 bits per heavy atom. The molecule has 0 unspecified atom stereocenters. The van der Waals surface area contributed by atoms with Crippen LogP contribution in [0.25, 0.3) is 0 Å². The molecule has 0 spiro atoms. The predicted molar refractivity (Wildman–Crippen MR) is 62.1 cm³/mol. The van der Waals surface area contributed by atoms with Crippen molar-refractivity contribution < 1.29 is 22.7 Å². The van der Waals surface area contributed by atoms with Gasteiger partial charge in [-0.25, -0.2) is 0 Å². The second-order valence-electron chi connectivity index (χ2n) is 4.26. The van der Waals surface area contributed by atoms with Gasteiger partial charge in [-0.3, -0.25) is 4.79 Å². The highest BCUT2D eigenvalue weighted by Crippen LogP contribution is 2.53. The van der Waals surface area contributed by atoms with E-state index < -0.39 is 23.1 Å². The number of ether oxygens (including phenoxy) is 1. The van der Waals surface area contributed by atoms with Crippen molar-refractivity contribution in [3.05, 3.63) is 33.8 Å². The number of esters is 1. The van der Waals surface area contributed by atoms with Gasteiger partial charge in [-0.2, -0.15) is 13.2 Å². The Hall–Kier alpha value is -1.04. The summed E-state index contributed by atoms with van der Waals surface area (Å²) < 4.78 is 43.9. The van der Waals surface area contributed by atoms with Gasteiger partial charge in [-0.1, -0.05) is 22.0 Å². The monoisotopic (exact) mass is 322 g/mol. The van der Waals surface area contributed by atoms with Crippen LogP contribution in [0, 0.1) is 0 Å². The number of hydrogen-bond donors (Lipinski definition) is 0. The topological polar surface area (TPSA) is 26.3 Å². The summed E-state index contributed by atoms with van der Waals surface area (Å²) in [5.41, 5.74) is -1.88. The largest absolute Gasteiger partial charge is 0.468 e. The maximum Gasteiger partial charge on any atom is 0.416 e. The fourth-order valence-electron chi connectivity index (χ4n) is 2.07. The third kappa shape index (κ3) is 2.13. The lowest BCUT2D eigenvalue weighted by atomic mass is 9.91. The molecule has 1 aliphatic rings. The van der Waals surface area contributed by atoms with E-state index in [1.807, 2.05) is 0 Å². The lowest BCUT2D eigenvalue weighted by Crippen LogP contribution is -2.25. The lowest BCUT2D eigenvalue weighted by Gasteiger charge is -2.19. The van der Waals surface area contributed by atoms with Crippen LogP contribution < -0.4 is 0 Å². The highest BCUT2D eigenvalue weighted by atomic mass is 79.9. The fourth-order valence-corrected chi connectivity index (χ4v) is 2.43. The first-order valence-corrected chi connectivity index (χ1v) is 6.06. The van der Waals surface area contributed by atoms with E-state index in [0.29, 0.717) is 17.3 Å². The molecule has 0 atom stereocenters. The van der Waals surface area contributed by atoms with Gasteiger partial charge in [0.1, 0.15) is 0 Å². The summed E-state index contributed by atoms with van der Waals surface area (Å²) in [6, 6.07) is 3.85. The standard InChI is InChI=1S/C12H10BrF3O2/c1-18-10(17)11(4-5-11)8-3-2-7(13)6-9(8)12(14,15)16/h2-3,6H,4-5H2,1H3. The number of methoxy groups -OCH3 is 1. The number of alkyl halides is 3. The zero-order valence-electron chi connectivity index (χ0n) is 9.47. The molecule has 18 heavy (non-hydrogen) atoms. The Balaban J connectivity index is 2.55. The molecule has 1 aliphatic carbocycles. The van der Waals surface area contributed by atoms with Crippen molar-refractivity contribution in [3.8, 4) is 0 Å². The molecular formula is C12H10BrF3O2. The van der Waals surface area contributed by atoms with Crippen molar-refractivity contribution in [1.82, 2.24) is 0 Å².